The third kappa shape index (κ3) is 5.25. The van der Waals surface area contributed by atoms with Crippen molar-refractivity contribution >= 4 is 17.3 Å². The summed E-state index contributed by atoms with van der Waals surface area (Å²) >= 11 is 0. The Hall–Kier alpha value is -3.31. The Balaban J connectivity index is 1.34. The molecule has 1 aliphatic heterocycles. The molecule has 0 bridgehead atoms. The number of nitrogens with zero attached hydrogens (tertiary/aromatic N) is 2. The lowest BCUT2D eigenvalue weighted by atomic mass is 10.1. The van der Waals surface area contributed by atoms with Crippen LogP contribution in [-0.4, -0.2) is 44.1 Å². The Bertz CT molecular complexity index is 1010. The molecule has 0 atom stereocenters. The van der Waals surface area contributed by atoms with E-state index in [1.165, 1.54) is 11.3 Å². The summed E-state index contributed by atoms with van der Waals surface area (Å²) in [5.74, 6) is 0.413. The van der Waals surface area contributed by atoms with Gasteiger partial charge in [-0.25, -0.2) is 0 Å². The van der Waals surface area contributed by atoms with E-state index in [0.717, 1.165) is 44.0 Å². The Labute approximate surface area is 184 Å². The van der Waals surface area contributed by atoms with Gasteiger partial charge in [0.1, 0.15) is 5.75 Å². The monoisotopic (exact) mass is 415 g/mol. The highest BCUT2D eigenvalue weighted by atomic mass is 16.5. The highest BCUT2D eigenvalue weighted by Gasteiger charge is 2.18. The van der Waals surface area contributed by atoms with Crippen LogP contribution in [0.4, 0.5) is 11.4 Å². The minimum absolute atomic E-state index is 0.164. The molecule has 0 unspecified atom stereocenters. The molecule has 0 aromatic heterocycles. The first-order valence-electron chi connectivity index (χ1n) is 10.7. The fraction of sp³-hybridized carbons (Fsp3) is 0.269. The minimum atomic E-state index is -0.164. The largest absolute Gasteiger partial charge is 0.496 e. The second-order valence-electron chi connectivity index (χ2n) is 7.95. The lowest BCUT2D eigenvalue weighted by molar-refractivity contribution is 0.102. The van der Waals surface area contributed by atoms with Gasteiger partial charge in [-0.15, -0.1) is 0 Å². The van der Waals surface area contributed by atoms with Gasteiger partial charge in [0.25, 0.3) is 5.91 Å². The van der Waals surface area contributed by atoms with Crippen LogP contribution in [0.3, 0.4) is 0 Å². The third-order valence-electron chi connectivity index (χ3n) is 5.71. The smallest absolute Gasteiger partial charge is 0.259 e. The molecule has 0 saturated carbocycles. The molecule has 1 saturated heterocycles. The number of nitrogens with one attached hydrogen (secondary N) is 1. The van der Waals surface area contributed by atoms with Crippen molar-refractivity contribution in [3.63, 3.8) is 0 Å². The highest BCUT2D eigenvalue weighted by molar-refractivity contribution is 6.06. The third-order valence-corrected chi connectivity index (χ3v) is 5.71. The molecule has 0 aliphatic carbocycles. The van der Waals surface area contributed by atoms with E-state index in [4.69, 9.17) is 4.74 Å². The van der Waals surface area contributed by atoms with Gasteiger partial charge < -0.3 is 15.0 Å². The van der Waals surface area contributed by atoms with E-state index in [-0.39, 0.29) is 5.91 Å². The van der Waals surface area contributed by atoms with Gasteiger partial charge in [0.05, 0.1) is 12.7 Å². The number of rotatable bonds is 6. The molecule has 1 heterocycles. The molecular formula is C26H29N3O2. The number of carbonyl (C=O) groups excluding carboxylic acids is 1. The molecule has 1 amide bonds. The van der Waals surface area contributed by atoms with Crippen LogP contribution in [0.1, 0.15) is 21.5 Å². The first kappa shape index (κ1) is 20.9. The summed E-state index contributed by atoms with van der Waals surface area (Å²) in [6.45, 7) is 7.05. The predicted molar refractivity (Wildman–Crippen MR) is 126 cm³/mol. The summed E-state index contributed by atoms with van der Waals surface area (Å²) in [5.41, 5.74) is 4.89. The van der Waals surface area contributed by atoms with Crippen molar-refractivity contribution in [3.8, 4) is 5.75 Å². The van der Waals surface area contributed by atoms with E-state index >= 15 is 0 Å². The van der Waals surface area contributed by atoms with Gasteiger partial charge in [-0.2, -0.15) is 0 Å². The highest BCUT2D eigenvalue weighted by Crippen LogP contribution is 2.23. The van der Waals surface area contributed by atoms with Gasteiger partial charge in [-0.05, 0) is 48.9 Å². The van der Waals surface area contributed by atoms with E-state index in [0.29, 0.717) is 11.3 Å². The summed E-state index contributed by atoms with van der Waals surface area (Å²) in [7, 11) is 1.58. The summed E-state index contributed by atoms with van der Waals surface area (Å²) in [6.07, 6.45) is 0. The van der Waals surface area contributed by atoms with Crippen molar-refractivity contribution < 1.29 is 9.53 Å². The van der Waals surface area contributed by atoms with Crippen molar-refractivity contribution in [1.82, 2.24) is 4.90 Å². The molecular weight excluding hydrogens is 386 g/mol. The van der Waals surface area contributed by atoms with Crippen molar-refractivity contribution in [1.29, 1.82) is 0 Å². The van der Waals surface area contributed by atoms with Crippen LogP contribution in [0.5, 0.6) is 5.75 Å². The Kier molecular flexibility index (Phi) is 6.53. The van der Waals surface area contributed by atoms with Crippen molar-refractivity contribution in [2.75, 3.05) is 43.5 Å². The average Bonchev–Trinajstić information content (AvgIpc) is 2.81. The van der Waals surface area contributed by atoms with Gasteiger partial charge in [-0.3, -0.25) is 9.69 Å². The number of hydrogen-bond donors (Lipinski definition) is 1. The molecule has 1 aliphatic rings. The van der Waals surface area contributed by atoms with E-state index in [2.05, 4.69) is 57.6 Å². The molecule has 5 heteroatoms. The summed E-state index contributed by atoms with van der Waals surface area (Å²) in [4.78, 5) is 17.6. The maximum Gasteiger partial charge on any atom is 0.259 e. The number of anilines is 2. The van der Waals surface area contributed by atoms with Gasteiger partial charge in [0.15, 0.2) is 0 Å². The van der Waals surface area contributed by atoms with Crippen LogP contribution >= 0.6 is 0 Å². The summed E-state index contributed by atoms with van der Waals surface area (Å²) in [5, 5.41) is 2.98. The molecule has 3 aromatic rings. The molecule has 5 nitrogen and oxygen atoms in total. The first-order chi connectivity index (χ1) is 15.1. The Morgan fingerprint density at radius 2 is 1.65 bits per heavy atom. The minimum Gasteiger partial charge on any atom is -0.496 e. The zero-order chi connectivity index (χ0) is 21.6. The van der Waals surface area contributed by atoms with Crippen molar-refractivity contribution in [2.45, 2.75) is 13.5 Å². The molecule has 1 fully saturated rings. The number of benzene rings is 3. The van der Waals surface area contributed by atoms with Crippen molar-refractivity contribution in [2.24, 2.45) is 0 Å². The second-order valence-corrected chi connectivity index (χ2v) is 7.95. The van der Waals surface area contributed by atoms with E-state index < -0.39 is 0 Å². The number of aryl methyl sites for hydroxylation is 1. The van der Waals surface area contributed by atoms with Crippen LogP contribution in [0.2, 0.25) is 0 Å². The zero-order valence-electron chi connectivity index (χ0n) is 18.2. The Morgan fingerprint density at radius 1 is 0.935 bits per heavy atom. The Morgan fingerprint density at radius 3 is 2.32 bits per heavy atom. The van der Waals surface area contributed by atoms with Gasteiger partial charge in [-0.1, -0.05) is 42.0 Å². The SMILES string of the molecule is COc1ccc(C)cc1C(=O)Nc1ccc(N2CCN(Cc3ccccc3)CC2)cc1. The predicted octanol–water partition coefficient (Wildman–Crippen LogP) is 4.58. The van der Waals surface area contributed by atoms with Gasteiger partial charge in [0.2, 0.25) is 0 Å². The quantitative estimate of drug-likeness (QED) is 0.640. The standard InChI is InChI=1S/C26H29N3O2/c1-20-8-13-25(31-2)24(18-20)26(30)27-22-9-11-23(12-10-22)29-16-14-28(15-17-29)19-21-6-4-3-5-7-21/h3-13,18H,14-17,19H2,1-2H3,(H,27,30). The number of piperazine rings is 1. The average molecular weight is 416 g/mol. The second kappa shape index (κ2) is 9.67. The van der Waals surface area contributed by atoms with Crippen LogP contribution in [-0.2, 0) is 6.54 Å². The van der Waals surface area contributed by atoms with E-state index in [1.807, 2.05) is 37.3 Å². The van der Waals surface area contributed by atoms with E-state index in [9.17, 15) is 4.79 Å². The molecule has 0 radical (unpaired) electrons. The molecule has 4 rings (SSSR count). The number of amides is 1. The fourth-order valence-electron chi connectivity index (χ4n) is 3.96. The topological polar surface area (TPSA) is 44.8 Å². The number of methoxy groups -OCH3 is 1. The first-order valence-corrected chi connectivity index (χ1v) is 10.7. The maximum atomic E-state index is 12.7. The number of carbonyl (C=O) groups is 1. The van der Waals surface area contributed by atoms with Gasteiger partial charge in [0, 0.05) is 44.1 Å². The number of hydrogen-bond acceptors (Lipinski definition) is 4. The molecule has 160 valence electrons. The molecule has 31 heavy (non-hydrogen) atoms. The summed E-state index contributed by atoms with van der Waals surface area (Å²) in [6, 6.07) is 24.3. The molecule has 3 aromatic carbocycles. The zero-order valence-corrected chi connectivity index (χ0v) is 18.2. The lowest BCUT2D eigenvalue weighted by Gasteiger charge is -2.36. The maximum absolute atomic E-state index is 12.7. The lowest BCUT2D eigenvalue weighted by Crippen LogP contribution is -2.45. The normalized spacial score (nSPS) is 14.3. The fourth-order valence-corrected chi connectivity index (χ4v) is 3.96. The van der Waals surface area contributed by atoms with Crippen LogP contribution in [0.15, 0.2) is 72.8 Å². The number of ether oxygens (including phenoxy) is 1. The summed E-state index contributed by atoms with van der Waals surface area (Å²) < 4.78 is 5.33. The van der Waals surface area contributed by atoms with Gasteiger partial charge >= 0.3 is 0 Å². The molecule has 1 N–H and O–H groups in total. The van der Waals surface area contributed by atoms with E-state index in [1.54, 1.807) is 7.11 Å². The van der Waals surface area contributed by atoms with Crippen molar-refractivity contribution in [3.05, 3.63) is 89.5 Å². The van der Waals surface area contributed by atoms with Crippen LogP contribution < -0.4 is 15.0 Å². The van der Waals surface area contributed by atoms with Crippen LogP contribution in [0.25, 0.3) is 0 Å². The molecule has 0 spiro atoms. The van der Waals surface area contributed by atoms with Crippen LogP contribution in [0, 0.1) is 6.92 Å².